The SMILES string of the molecule is CCn1ncnc1CN1C(=O)C(C)(C)NC(=O)C1C(C)C. The van der Waals surface area contributed by atoms with E-state index in [1.54, 1.807) is 23.4 Å². The summed E-state index contributed by atoms with van der Waals surface area (Å²) in [7, 11) is 0. The van der Waals surface area contributed by atoms with Crippen molar-refractivity contribution >= 4 is 11.8 Å². The van der Waals surface area contributed by atoms with Crippen LogP contribution in [0, 0.1) is 5.92 Å². The van der Waals surface area contributed by atoms with Crippen molar-refractivity contribution < 1.29 is 9.59 Å². The molecule has 1 atom stereocenters. The molecule has 0 aromatic carbocycles. The van der Waals surface area contributed by atoms with Crippen molar-refractivity contribution in [2.45, 2.75) is 59.3 Å². The first kappa shape index (κ1) is 15.5. The second-order valence-corrected chi connectivity index (χ2v) is 6.23. The Balaban J connectivity index is 2.35. The fourth-order valence-electron chi connectivity index (χ4n) is 2.72. The lowest BCUT2D eigenvalue weighted by molar-refractivity contribution is -0.156. The molecule has 1 aromatic rings. The van der Waals surface area contributed by atoms with Crippen molar-refractivity contribution in [1.82, 2.24) is 25.0 Å². The predicted molar refractivity (Wildman–Crippen MR) is 77.1 cm³/mol. The zero-order valence-corrected chi connectivity index (χ0v) is 13.3. The quantitative estimate of drug-likeness (QED) is 0.879. The highest BCUT2D eigenvalue weighted by molar-refractivity contribution is 5.99. The summed E-state index contributed by atoms with van der Waals surface area (Å²) in [4.78, 5) is 30.9. The molecule has 116 valence electrons. The van der Waals surface area contributed by atoms with E-state index >= 15 is 0 Å². The summed E-state index contributed by atoms with van der Waals surface area (Å²) in [5, 5.41) is 6.92. The van der Waals surface area contributed by atoms with Crippen molar-refractivity contribution in [2.24, 2.45) is 5.92 Å². The van der Waals surface area contributed by atoms with Gasteiger partial charge in [0, 0.05) is 6.54 Å². The fourth-order valence-corrected chi connectivity index (χ4v) is 2.72. The van der Waals surface area contributed by atoms with E-state index in [-0.39, 0.29) is 17.7 Å². The first-order valence-corrected chi connectivity index (χ1v) is 7.27. The Morgan fingerprint density at radius 1 is 1.38 bits per heavy atom. The minimum Gasteiger partial charge on any atom is -0.340 e. The fraction of sp³-hybridized carbons (Fsp3) is 0.714. The summed E-state index contributed by atoms with van der Waals surface area (Å²) in [5.41, 5.74) is -0.889. The summed E-state index contributed by atoms with van der Waals surface area (Å²) >= 11 is 0. The molecule has 0 aliphatic carbocycles. The van der Waals surface area contributed by atoms with Crippen molar-refractivity contribution in [3.63, 3.8) is 0 Å². The van der Waals surface area contributed by atoms with Gasteiger partial charge in [0.15, 0.2) is 0 Å². The number of aromatic nitrogens is 3. The molecule has 7 nitrogen and oxygen atoms in total. The molecule has 1 aliphatic heterocycles. The zero-order chi connectivity index (χ0) is 15.8. The number of hydrogen-bond acceptors (Lipinski definition) is 4. The van der Waals surface area contributed by atoms with Crippen molar-refractivity contribution in [3.05, 3.63) is 12.2 Å². The summed E-state index contributed by atoms with van der Waals surface area (Å²) < 4.78 is 1.74. The average Bonchev–Trinajstić information content (AvgIpc) is 2.81. The van der Waals surface area contributed by atoms with Crippen LogP contribution >= 0.6 is 0 Å². The minimum absolute atomic E-state index is 0.0306. The Morgan fingerprint density at radius 2 is 2.05 bits per heavy atom. The van der Waals surface area contributed by atoms with Gasteiger partial charge >= 0.3 is 0 Å². The van der Waals surface area contributed by atoms with E-state index in [1.165, 1.54) is 6.33 Å². The van der Waals surface area contributed by atoms with E-state index in [9.17, 15) is 9.59 Å². The molecule has 1 unspecified atom stereocenters. The molecule has 0 saturated carbocycles. The molecule has 1 aromatic heterocycles. The third-order valence-electron chi connectivity index (χ3n) is 3.77. The van der Waals surface area contributed by atoms with Crippen LogP contribution in [0.3, 0.4) is 0 Å². The van der Waals surface area contributed by atoms with E-state index in [4.69, 9.17) is 0 Å². The molecule has 2 amide bonds. The summed E-state index contributed by atoms with van der Waals surface area (Å²) in [6.45, 7) is 10.3. The van der Waals surface area contributed by atoms with Crippen LogP contribution in [0.2, 0.25) is 0 Å². The molecule has 0 radical (unpaired) electrons. The number of carbonyl (C=O) groups excluding carboxylic acids is 2. The molecule has 2 rings (SSSR count). The van der Waals surface area contributed by atoms with E-state index in [2.05, 4.69) is 15.4 Å². The van der Waals surface area contributed by atoms with Gasteiger partial charge in [-0.05, 0) is 26.7 Å². The molecule has 0 spiro atoms. The molecule has 21 heavy (non-hydrogen) atoms. The second kappa shape index (κ2) is 5.46. The van der Waals surface area contributed by atoms with Gasteiger partial charge in [-0.3, -0.25) is 9.59 Å². The summed E-state index contributed by atoms with van der Waals surface area (Å²) in [6.07, 6.45) is 1.48. The van der Waals surface area contributed by atoms with Gasteiger partial charge in [0.05, 0.1) is 6.54 Å². The van der Waals surface area contributed by atoms with Crippen LogP contribution in [-0.4, -0.2) is 43.1 Å². The Bertz CT molecular complexity index is 549. The van der Waals surface area contributed by atoms with Crippen molar-refractivity contribution in [2.75, 3.05) is 0 Å². The first-order valence-electron chi connectivity index (χ1n) is 7.27. The third kappa shape index (κ3) is 2.77. The largest absolute Gasteiger partial charge is 0.340 e. The van der Waals surface area contributed by atoms with Crippen LogP contribution in [0.1, 0.15) is 40.4 Å². The number of hydrogen-bond donors (Lipinski definition) is 1. The molecule has 1 saturated heterocycles. The number of aryl methyl sites for hydroxylation is 1. The number of carbonyl (C=O) groups is 2. The van der Waals surface area contributed by atoms with Crippen LogP contribution in [0.5, 0.6) is 0 Å². The summed E-state index contributed by atoms with van der Waals surface area (Å²) in [5.74, 6) is 0.522. The monoisotopic (exact) mass is 293 g/mol. The Morgan fingerprint density at radius 3 is 2.62 bits per heavy atom. The van der Waals surface area contributed by atoms with Gasteiger partial charge in [0.25, 0.3) is 0 Å². The maximum atomic E-state index is 12.7. The first-order chi connectivity index (χ1) is 9.77. The maximum Gasteiger partial charge on any atom is 0.248 e. The molecule has 1 N–H and O–H groups in total. The Kier molecular flexibility index (Phi) is 4.02. The minimum atomic E-state index is -0.889. The van der Waals surface area contributed by atoms with E-state index in [1.807, 2.05) is 20.8 Å². The van der Waals surface area contributed by atoms with Gasteiger partial charge in [-0.2, -0.15) is 5.10 Å². The van der Waals surface area contributed by atoms with Crippen molar-refractivity contribution in [1.29, 1.82) is 0 Å². The maximum absolute atomic E-state index is 12.7. The lowest BCUT2D eigenvalue weighted by Gasteiger charge is -2.44. The zero-order valence-electron chi connectivity index (χ0n) is 13.3. The van der Waals surface area contributed by atoms with Gasteiger partial charge < -0.3 is 10.2 Å². The normalized spacial score (nSPS) is 21.8. The molecular weight excluding hydrogens is 270 g/mol. The highest BCUT2D eigenvalue weighted by atomic mass is 16.2. The smallest absolute Gasteiger partial charge is 0.248 e. The number of nitrogens with one attached hydrogen (secondary N) is 1. The second-order valence-electron chi connectivity index (χ2n) is 6.23. The third-order valence-corrected chi connectivity index (χ3v) is 3.77. The highest BCUT2D eigenvalue weighted by Crippen LogP contribution is 2.24. The molecule has 2 heterocycles. The van der Waals surface area contributed by atoms with Crippen molar-refractivity contribution in [3.8, 4) is 0 Å². The molecular formula is C14H23N5O2. The Labute approximate surface area is 124 Å². The van der Waals surface area contributed by atoms with Gasteiger partial charge in [0.2, 0.25) is 11.8 Å². The van der Waals surface area contributed by atoms with Crippen LogP contribution in [0.25, 0.3) is 0 Å². The van der Waals surface area contributed by atoms with Crippen LogP contribution in [-0.2, 0) is 22.7 Å². The predicted octanol–water partition coefficient (Wildman–Crippen LogP) is 0.560. The molecule has 7 heteroatoms. The topological polar surface area (TPSA) is 80.1 Å². The molecule has 1 aliphatic rings. The lowest BCUT2D eigenvalue weighted by Crippen LogP contribution is -2.69. The molecule has 0 bridgehead atoms. The number of amides is 2. The average molecular weight is 293 g/mol. The van der Waals surface area contributed by atoms with Gasteiger partial charge in [-0.1, -0.05) is 13.8 Å². The lowest BCUT2D eigenvalue weighted by atomic mass is 9.91. The van der Waals surface area contributed by atoms with Crippen LogP contribution in [0.15, 0.2) is 6.33 Å². The van der Waals surface area contributed by atoms with Gasteiger partial charge in [0.1, 0.15) is 23.7 Å². The van der Waals surface area contributed by atoms with Crippen LogP contribution < -0.4 is 5.32 Å². The van der Waals surface area contributed by atoms with Crippen LogP contribution in [0.4, 0.5) is 0 Å². The number of rotatable bonds is 4. The Hall–Kier alpha value is -1.92. The van der Waals surface area contributed by atoms with E-state index < -0.39 is 11.6 Å². The van der Waals surface area contributed by atoms with E-state index in [0.29, 0.717) is 18.9 Å². The summed E-state index contributed by atoms with van der Waals surface area (Å²) in [6, 6.07) is -0.479. The standard InChI is InChI=1S/C14H23N5O2/c1-6-19-10(15-8-16-19)7-18-11(9(2)3)12(20)17-14(4,5)13(18)21/h8-9,11H,6-7H2,1-5H3,(H,17,20). The number of piperazine rings is 1. The highest BCUT2D eigenvalue weighted by Gasteiger charge is 2.46. The molecule has 1 fully saturated rings. The number of nitrogens with zero attached hydrogens (tertiary/aromatic N) is 4. The van der Waals surface area contributed by atoms with Gasteiger partial charge in [-0.25, -0.2) is 9.67 Å². The van der Waals surface area contributed by atoms with Gasteiger partial charge in [-0.15, -0.1) is 0 Å². The van der Waals surface area contributed by atoms with E-state index in [0.717, 1.165) is 0 Å².